The van der Waals surface area contributed by atoms with Crippen LogP contribution in [0, 0.1) is 0 Å². The normalized spacial score (nSPS) is 10.8. The predicted molar refractivity (Wildman–Crippen MR) is 44.1 cm³/mol. The summed E-state index contributed by atoms with van der Waals surface area (Å²) in [4.78, 5) is 1.69. The Labute approximate surface area is 66.4 Å². The lowest BCUT2D eigenvalue weighted by atomic mass is 10.2. The standard InChI is InChI=1S/C7H14N4/c1-3-6(4-2)11-9-5-7(8)10-11/h5-6H,3-4H2,1-2H3,(H2,8,10). The molecule has 1 rings (SSSR count). The van der Waals surface area contributed by atoms with Gasteiger partial charge in [-0.05, 0) is 12.8 Å². The van der Waals surface area contributed by atoms with E-state index in [-0.39, 0.29) is 0 Å². The molecule has 0 fully saturated rings. The van der Waals surface area contributed by atoms with Gasteiger partial charge in [-0.15, -0.1) is 5.10 Å². The van der Waals surface area contributed by atoms with Crippen molar-refractivity contribution in [1.29, 1.82) is 0 Å². The van der Waals surface area contributed by atoms with Gasteiger partial charge in [0.25, 0.3) is 0 Å². The van der Waals surface area contributed by atoms with Crippen LogP contribution in [0.25, 0.3) is 0 Å². The molecule has 0 radical (unpaired) electrons. The van der Waals surface area contributed by atoms with Crippen molar-refractivity contribution in [2.75, 3.05) is 5.73 Å². The SMILES string of the molecule is CCC(CC)n1ncc(N)n1. The Balaban J connectivity index is 2.73. The van der Waals surface area contributed by atoms with Crippen molar-refractivity contribution in [3.05, 3.63) is 6.20 Å². The lowest BCUT2D eigenvalue weighted by Crippen LogP contribution is -2.10. The summed E-state index contributed by atoms with van der Waals surface area (Å²) in [6.07, 6.45) is 3.67. The summed E-state index contributed by atoms with van der Waals surface area (Å²) in [5.41, 5.74) is 5.43. The highest BCUT2D eigenvalue weighted by molar-refractivity contribution is 5.19. The Kier molecular flexibility index (Phi) is 2.46. The predicted octanol–water partition coefficient (Wildman–Crippen LogP) is 1.22. The summed E-state index contributed by atoms with van der Waals surface area (Å²) in [5, 5.41) is 8.07. The second kappa shape index (κ2) is 3.37. The Morgan fingerprint density at radius 1 is 1.55 bits per heavy atom. The molecule has 4 heteroatoms. The lowest BCUT2D eigenvalue weighted by molar-refractivity contribution is 0.383. The molecule has 0 unspecified atom stereocenters. The summed E-state index contributed by atoms with van der Waals surface area (Å²) < 4.78 is 0. The summed E-state index contributed by atoms with van der Waals surface area (Å²) in [6.45, 7) is 4.24. The van der Waals surface area contributed by atoms with Gasteiger partial charge in [-0.3, -0.25) is 0 Å². The zero-order valence-electron chi connectivity index (χ0n) is 6.99. The van der Waals surface area contributed by atoms with Crippen LogP contribution in [0.1, 0.15) is 32.7 Å². The van der Waals surface area contributed by atoms with Gasteiger partial charge in [-0.1, -0.05) is 13.8 Å². The Hall–Kier alpha value is -1.06. The average molecular weight is 154 g/mol. The van der Waals surface area contributed by atoms with Crippen molar-refractivity contribution in [3.8, 4) is 0 Å². The van der Waals surface area contributed by atoms with Gasteiger partial charge in [0.05, 0.1) is 12.2 Å². The largest absolute Gasteiger partial charge is 0.381 e. The number of hydrogen-bond acceptors (Lipinski definition) is 3. The molecule has 1 aromatic rings. The molecule has 0 saturated heterocycles. The van der Waals surface area contributed by atoms with Crippen LogP contribution in [0.2, 0.25) is 0 Å². The van der Waals surface area contributed by atoms with Crippen molar-refractivity contribution >= 4 is 5.82 Å². The molecule has 0 bridgehead atoms. The van der Waals surface area contributed by atoms with Crippen LogP contribution in [0.5, 0.6) is 0 Å². The van der Waals surface area contributed by atoms with Gasteiger partial charge in [0.15, 0.2) is 5.82 Å². The minimum Gasteiger partial charge on any atom is -0.381 e. The number of hydrogen-bond donors (Lipinski definition) is 1. The van der Waals surface area contributed by atoms with Gasteiger partial charge in [-0.25, -0.2) is 0 Å². The molecular weight excluding hydrogens is 140 g/mol. The monoisotopic (exact) mass is 154 g/mol. The fourth-order valence-corrected chi connectivity index (χ4v) is 1.08. The van der Waals surface area contributed by atoms with Gasteiger partial charge in [0.2, 0.25) is 0 Å². The van der Waals surface area contributed by atoms with Gasteiger partial charge in [0.1, 0.15) is 0 Å². The molecule has 0 saturated carbocycles. The van der Waals surface area contributed by atoms with E-state index in [4.69, 9.17) is 5.73 Å². The first-order chi connectivity index (χ1) is 5.27. The summed E-state index contributed by atoms with van der Waals surface area (Å²) in [5.74, 6) is 0.497. The summed E-state index contributed by atoms with van der Waals surface area (Å²) in [7, 11) is 0. The fraction of sp³-hybridized carbons (Fsp3) is 0.714. The van der Waals surface area contributed by atoms with Crippen molar-refractivity contribution in [1.82, 2.24) is 15.0 Å². The molecule has 0 atom stereocenters. The van der Waals surface area contributed by atoms with E-state index in [9.17, 15) is 0 Å². The number of nitrogens with zero attached hydrogens (tertiary/aromatic N) is 3. The third kappa shape index (κ3) is 1.69. The lowest BCUT2D eigenvalue weighted by Gasteiger charge is -2.09. The van der Waals surface area contributed by atoms with Crippen molar-refractivity contribution < 1.29 is 0 Å². The molecule has 0 amide bonds. The zero-order chi connectivity index (χ0) is 8.27. The Morgan fingerprint density at radius 2 is 2.18 bits per heavy atom. The van der Waals surface area contributed by atoms with E-state index in [0.717, 1.165) is 12.8 Å². The number of anilines is 1. The molecule has 1 aromatic heterocycles. The van der Waals surface area contributed by atoms with Crippen molar-refractivity contribution in [3.63, 3.8) is 0 Å². The van der Waals surface area contributed by atoms with Crippen LogP contribution < -0.4 is 5.73 Å². The van der Waals surface area contributed by atoms with Crippen LogP contribution >= 0.6 is 0 Å². The smallest absolute Gasteiger partial charge is 0.165 e. The van der Waals surface area contributed by atoms with E-state index in [2.05, 4.69) is 24.0 Å². The number of aromatic nitrogens is 3. The quantitative estimate of drug-likeness (QED) is 0.712. The Bertz CT molecular complexity index is 214. The van der Waals surface area contributed by atoms with Gasteiger partial charge in [-0.2, -0.15) is 9.90 Å². The third-order valence-electron chi connectivity index (χ3n) is 1.80. The number of nitrogen functional groups attached to an aromatic ring is 1. The highest BCUT2D eigenvalue weighted by Crippen LogP contribution is 2.12. The van der Waals surface area contributed by atoms with Gasteiger partial charge in [0, 0.05) is 0 Å². The molecule has 1 heterocycles. The fourth-order valence-electron chi connectivity index (χ4n) is 1.08. The maximum Gasteiger partial charge on any atom is 0.165 e. The maximum absolute atomic E-state index is 5.43. The van der Waals surface area contributed by atoms with Gasteiger partial charge >= 0.3 is 0 Å². The summed E-state index contributed by atoms with van der Waals surface area (Å²) >= 11 is 0. The van der Waals surface area contributed by atoms with Crippen LogP contribution in [0.15, 0.2) is 6.20 Å². The molecule has 0 aliphatic rings. The van der Waals surface area contributed by atoms with E-state index in [1.165, 1.54) is 0 Å². The number of rotatable bonds is 3. The highest BCUT2D eigenvalue weighted by Gasteiger charge is 2.07. The topological polar surface area (TPSA) is 56.7 Å². The first-order valence-corrected chi connectivity index (χ1v) is 3.95. The van der Waals surface area contributed by atoms with E-state index < -0.39 is 0 Å². The first-order valence-electron chi connectivity index (χ1n) is 3.95. The second-order valence-electron chi connectivity index (χ2n) is 2.56. The van der Waals surface area contributed by atoms with Crippen molar-refractivity contribution in [2.45, 2.75) is 32.7 Å². The molecule has 0 aliphatic heterocycles. The molecule has 4 nitrogen and oxygen atoms in total. The Morgan fingerprint density at radius 3 is 2.55 bits per heavy atom. The van der Waals surface area contributed by atoms with E-state index in [1.807, 2.05) is 0 Å². The molecule has 0 spiro atoms. The van der Waals surface area contributed by atoms with E-state index >= 15 is 0 Å². The van der Waals surface area contributed by atoms with Crippen LogP contribution in [-0.4, -0.2) is 15.0 Å². The van der Waals surface area contributed by atoms with Crippen molar-refractivity contribution in [2.24, 2.45) is 0 Å². The molecule has 62 valence electrons. The highest BCUT2D eigenvalue weighted by atomic mass is 15.5. The molecule has 0 aliphatic carbocycles. The maximum atomic E-state index is 5.43. The van der Waals surface area contributed by atoms with Gasteiger partial charge < -0.3 is 5.73 Å². The van der Waals surface area contributed by atoms with Crippen LogP contribution in [-0.2, 0) is 0 Å². The third-order valence-corrected chi connectivity index (χ3v) is 1.80. The molecular formula is C7H14N4. The van der Waals surface area contributed by atoms with Crippen LogP contribution in [0.4, 0.5) is 5.82 Å². The minimum atomic E-state index is 0.396. The zero-order valence-corrected chi connectivity index (χ0v) is 6.99. The van der Waals surface area contributed by atoms with E-state index in [1.54, 1.807) is 11.0 Å². The molecule has 11 heavy (non-hydrogen) atoms. The average Bonchev–Trinajstić information content (AvgIpc) is 2.39. The molecule has 2 N–H and O–H groups in total. The minimum absolute atomic E-state index is 0.396. The number of nitrogens with two attached hydrogens (primary N) is 1. The summed E-state index contributed by atoms with van der Waals surface area (Å²) in [6, 6.07) is 0.396. The molecule has 0 aromatic carbocycles. The first kappa shape index (κ1) is 8.04. The van der Waals surface area contributed by atoms with Crippen LogP contribution in [0.3, 0.4) is 0 Å². The van der Waals surface area contributed by atoms with E-state index in [0.29, 0.717) is 11.9 Å². The second-order valence-corrected chi connectivity index (χ2v) is 2.56.